The van der Waals surface area contributed by atoms with Crippen molar-refractivity contribution in [1.29, 1.82) is 0 Å². The van der Waals surface area contributed by atoms with Gasteiger partial charge in [0.05, 0.1) is 0 Å². The van der Waals surface area contributed by atoms with Crippen LogP contribution in [-0.2, 0) is 0 Å². The lowest BCUT2D eigenvalue weighted by molar-refractivity contribution is 0.0787. The van der Waals surface area contributed by atoms with E-state index in [1.54, 1.807) is 24.2 Å². The van der Waals surface area contributed by atoms with Crippen LogP contribution in [0.15, 0.2) is 34.9 Å². The van der Waals surface area contributed by atoms with Crippen LogP contribution in [0.3, 0.4) is 0 Å². The number of unbranched alkanes of at least 4 members (excludes halogenated alkanes) is 1. The number of amides is 1. The number of hydrogen-bond acceptors (Lipinski definition) is 4. The highest BCUT2D eigenvalue weighted by Crippen LogP contribution is 2.22. The first-order valence-electron chi connectivity index (χ1n) is 7.63. The van der Waals surface area contributed by atoms with E-state index in [0.717, 1.165) is 35.1 Å². The number of rotatable bonds is 6. The summed E-state index contributed by atoms with van der Waals surface area (Å²) in [5, 5.41) is 3.13. The molecule has 6 heteroatoms. The molecule has 0 fully saturated rings. The molecule has 23 heavy (non-hydrogen) atoms. The maximum absolute atomic E-state index is 12.4. The average molecular weight is 377 g/mol. The molecule has 0 aliphatic heterocycles. The lowest BCUT2D eigenvalue weighted by Crippen LogP contribution is -2.28. The molecule has 0 aliphatic carbocycles. The standard InChI is InChI=1S/C17H21BrN4O/c1-4-5-10-22(3)16(23)15-8-9-19-17(21-15)20-13-7-6-12(2)14(18)11-13/h6-9,11H,4-5,10H2,1-3H3,(H,19,20,21). The third-order valence-corrected chi connectivity index (χ3v) is 4.35. The summed E-state index contributed by atoms with van der Waals surface area (Å²) in [6, 6.07) is 7.55. The van der Waals surface area contributed by atoms with E-state index >= 15 is 0 Å². The first-order chi connectivity index (χ1) is 11.0. The summed E-state index contributed by atoms with van der Waals surface area (Å²) >= 11 is 3.50. The number of hydrogen-bond donors (Lipinski definition) is 1. The van der Waals surface area contributed by atoms with Crippen LogP contribution in [0.1, 0.15) is 35.8 Å². The number of nitrogens with one attached hydrogen (secondary N) is 1. The van der Waals surface area contributed by atoms with Crippen molar-refractivity contribution < 1.29 is 4.79 Å². The van der Waals surface area contributed by atoms with Crippen molar-refractivity contribution in [3.63, 3.8) is 0 Å². The number of anilines is 2. The van der Waals surface area contributed by atoms with E-state index in [2.05, 4.69) is 38.1 Å². The minimum absolute atomic E-state index is 0.0889. The largest absolute Gasteiger partial charge is 0.340 e. The summed E-state index contributed by atoms with van der Waals surface area (Å²) in [5.41, 5.74) is 2.41. The SMILES string of the molecule is CCCCN(C)C(=O)c1ccnc(Nc2ccc(C)c(Br)c2)n1. The summed E-state index contributed by atoms with van der Waals surface area (Å²) in [5.74, 6) is 0.324. The van der Waals surface area contributed by atoms with Crippen molar-refractivity contribution >= 4 is 33.5 Å². The molecule has 0 spiro atoms. The summed E-state index contributed by atoms with van der Waals surface area (Å²) in [6.45, 7) is 4.85. The Balaban J connectivity index is 2.13. The highest BCUT2D eigenvalue weighted by Gasteiger charge is 2.13. The van der Waals surface area contributed by atoms with Crippen molar-refractivity contribution in [2.45, 2.75) is 26.7 Å². The van der Waals surface area contributed by atoms with E-state index in [-0.39, 0.29) is 5.91 Å². The van der Waals surface area contributed by atoms with Crippen LogP contribution < -0.4 is 5.32 Å². The minimum atomic E-state index is -0.0889. The van der Waals surface area contributed by atoms with Gasteiger partial charge in [-0.05, 0) is 37.1 Å². The molecular weight excluding hydrogens is 356 g/mol. The average Bonchev–Trinajstić information content (AvgIpc) is 2.55. The second-order valence-corrected chi connectivity index (χ2v) is 6.29. The molecule has 2 aromatic rings. The highest BCUT2D eigenvalue weighted by atomic mass is 79.9. The second-order valence-electron chi connectivity index (χ2n) is 5.43. The Labute approximate surface area is 145 Å². The van der Waals surface area contributed by atoms with Crippen LogP contribution in [0.4, 0.5) is 11.6 Å². The maximum atomic E-state index is 12.4. The maximum Gasteiger partial charge on any atom is 0.272 e. The van der Waals surface area contributed by atoms with Crippen LogP contribution in [0.2, 0.25) is 0 Å². The number of carbonyl (C=O) groups excluding carboxylic acids is 1. The van der Waals surface area contributed by atoms with Crippen LogP contribution in [0.25, 0.3) is 0 Å². The molecule has 122 valence electrons. The molecular formula is C17H21BrN4O. The molecule has 0 radical (unpaired) electrons. The van der Waals surface area contributed by atoms with E-state index in [4.69, 9.17) is 0 Å². The molecule has 2 rings (SSSR count). The van der Waals surface area contributed by atoms with Crippen molar-refractivity contribution in [2.24, 2.45) is 0 Å². The van der Waals surface area contributed by atoms with Gasteiger partial charge in [-0.25, -0.2) is 9.97 Å². The number of aryl methyl sites for hydroxylation is 1. The van der Waals surface area contributed by atoms with Gasteiger partial charge >= 0.3 is 0 Å². The van der Waals surface area contributed by atoms with Gasteiger partial charge in [0.25, 0.3) is 5.91 Å². The molecule has 1 amide bonds. The Morgan fingerprint density at radius 3 is 2.83 bits per heavy atom. The molecule has 0 saturated heterocycles. The van der Waals surface area contributed by atoms with Gasteiger partial charge in [0.1, 0.15) is 5.69 Å². The Kier molecular flexibility index (Phi) is 6.10. The number of nitrogens with zero attached hydrogens (tertiary/aromatic N) is 3. The summed E-state index contributed by atoms with van der Waals surface area (Å²) < 4.78 is 1.01. The van der Waals surface area contributed by atoms with Crippen LogP contribution in [0, 0.1) is 6.92 Å². The van der Waals surface area contributed by atoms with Crippen molar-refractivity contribution in [3.8, 4) is 0 Å². The van der Waals surface area contributed by atoms with E-state index in [1.807, 2.05) is 25.1 Å². The van der Waals surface area contributed by atoms with Crippen molar-refractivity contribution in [3.05, 3.63) is 46.2 Å². The quantitative estimate of drug-likeness (QED) is 0.821. The number of carbonyl (C=O) groups is 1. The van der Waals surface area contributed by atoms with Gasteiger partial charge in [-0.15, -0.1) is 0 Å². The summed E-state index contributed by atoms with van der Waals surface area (Å²) in [7, 11) is 1.80. The van der Waals surface area contributed by atoms with Gasteiger partial charge < -0.3 is 10.2 Å². The van der Waals surface area contributed by atoms with Gasteiger partial charge in [-0.2, -0.15) is 0 Å². The first kappa shape index (κ1) is 17.4. The molecule has 0 aliphatic rings. The lowest BCUT2D eigenvalue weighted by Gasteiger charge is -2.16. The predicted molar refractivity (Wildman–Crippen MR) is 96.1 cm³/mol. The lowest BCUT2D eigenvalue weighted by atomic mass is 10.2. The Hall–Kier alpha value is -1.95. The summed E-state index contributed by atoms with van der Waals surface area (Å²) in [4.78, 5) is 22.5. The monoisotopic (exact) mass is 376 g/mol. The fraction of sp³-hybridized carbons (Fsp3) is 0.353. The van der Waals surface area contributed by atoms with Crippen LogP contribution >= 0.6 is 15.9 Å². The fourth-order valence-corrected chi connectivity index (χ4v) is 2.41. The zero-order valence-electron chi connectivity index (χ0n) is 13.6. The van der Waals surface area contributed by atoms with Gasteiger partial charge in [-0.1, -0.05) is 35.3 Å². The second kappa shape index (κ2) is 8.06. The Morgan fingerprint density at radius 2 is 2.13 bits per heavy atom. The van der Waals surface area contributed by atoms with Gasteiger partial charge in [0.15, 0.2) is 0 Å². The highest BCUT2D eigenvalue weighted by molar-refractivity contribution is 9.10. The van der Waals surface area contributed by atoms with Gasteiger partial charge in [-0.3, -0.25) is 4.79 Å². The third kappa shape index (κ3) is 4.76. The topological polar surface area (TPSA) is 58.1 Å². The van der Waals surface area contributed by atoms with E-state index < -0.39 is 0 Å². The van der Waals surface area contributed by atoms with E-state index in [9.17, 15) is 4.79 Å². The minimum Gasteiger partial charge on any atom is -0.340 e. The van der Waals surface area contributed by atoms with Crippen LogP contribution in [-0.4, -0.2) is 34.4 Å². The normalized spacial score (nSPS) is 10.4. The number of halogens is 1. The number of aromatic nitrogens is 2. The fourth-order valence-electron chi connectivity index (χ4n) is 2.03. The zero-order valence-corrected chi connectivity index (χ0v) is 15.2. The molecule has 0 bridgehead atoms. The molecule has 0 unspecified atom stereocenters. The molecule has 0 atom stereocenters. The zero-order chi connectivity index (χ0) is 16.8. The molecule has 1 aromatic heterocycles. The van der Waals surface area contributed by atoms with E-state index in [1.165, 1.54) is 0 Å². The van der Waals surface area contributed by atoms with Gasteiger partial charge in [0, 0.05) is 29.9 Å². The Bertz CT molecular complexity index is 690. The number of benzene rings is 1. The predicted octanol–water partition coefficient (Wildman–Crippen LogP) is 4.16. The first-order valence-corrected chi connectivity index (χ1v) is 8.42. The molecule has 5 nitrogen and oxygen atoms in total. The molecule has 0 saturated carbocycles. The molecule has 1 N–H and O–H groups in total. The third-order valence-electron chi connectivity index (χ3n) is 3.50. The summed E-state index contributed by atoms with van der Waals surface area (Å²) in [6.07, 6.45) is 3.63. The van der Waals surface area contributed by atoms with Crippen molar-refractivity contribution in [1.82, 2.24) is 14.9 Å². The Morgan fingerprint density at radius 1 is 1.35 bits per heavy atom. The smallest absolute Gasteiger partial charge is 0.272 e. The van der Waals surface area contributed by atoms with Gasteiger partial charge in [0.2, 0.25) is 5.95 Å². The molecule has 1 aromatic carbocycles. The van der Waals surface area contributed by atoms with Crippen LogP contribution in [0.5, 0.6) is 0 Å². The molecule has 1 heterocycles. The van der Waals surface area contributed by atoms with Crippen molar-refractivity contribution in [2.75, 3.05) is 18.9 Å². The van der Waals surface area contributed by atoms with E-state index in [0.29, 0.717) is 11.6 Å².